The van der Waals surface area contributed by atoms with Crippen molar-refractivity contribution < 1.29 is 13.1 Å². The Kier molecular flexibility index (Phi) is 4.29. The van der Waals surface area contributed by atoms with E-state index in [9.17, 15) is 0 Å². The van der Waals surface area contributed by atoms with Gasteiger partial charge in [0.15, 0.2) is 6.20 Å². The normalized spacial score (nSPS) is 13.1. The third kappa shape index (κ3) is 3.45. The minimum atomic E-state index is -2.29. The Hall–Kier alpha value is -4.17. The minimum absolute atomic E-state index is 0.346. The molecule has 0 saturated heterocycles. The van der Waals surface area contributed by atoms with Crippen LogP contribution in [0, 0.1) is 20.7 Å². The van der Waals surface area contributed by atoms with Crippen LogP contribution in [-0.4, -0.2) is 0 Å². The fraction of sp³-hybridized carbons (Fsp3) is 0.121. The van der Waals surface area contributed by atoms with Gasteiger partial charge in [-0.25, -0.2) is 4.57 Å². The molecule has 0 radical (unpaired) electrons. The number of rotatable bonds is 3. The molecule has 2 heteroatoms. The zero-order chi connectivity index (χ0) is 26.6. The summed E-state index contributed by atoms with van der Waals surface area (Å²) in [5.41, 5.74) is 9.37. The number of aryl methyl sites for hydroxylation is 4. The lowest BCUT2D eigenvalue weighted by atomic mass is 9.88. The van der Waals surface area contributed by atoms with Crippen molar-refractivity contribution in [1.29, 1.82) is 0 Å². The molecule has 0 atom stereocenters. The summed E-state index contributed by atoms with van der Waals surface area (Å²) in [4.78, 5) is 0. The summed E-state index contributed by atoms with van der Waals surface area (Å²) in [6.07, 6.45) is 2.00. The summed E-state index contributed by atoms with van der Waals surface area (Å²) in [5.74, 6) is 0. The van der Waals surface area contributed by atoms with Gasteiger partial charge >= 0.3 is 0 Å². The Balaban J connectivity index is 1.69. The molecule has 2 aromatic heterocycles. The Bertz CT molecular complexity index is 1830. The third-order valence-electron chi connectivity index (χ3n) is 6.88. The molecule has 0 unspecified atom stereocenters. The van der Waals surface area contributed by atoms with Gasteiger partial charge in [0, 0.05) is 21.0 Å². The van der Waals surface area contributed by atoms with Crippen LogP contribution in [0.25, 0.3) is 55.4 Å². The maximum atomic E-state index is 8.50. The standard InChI is InChI=1S/C33H28NO/c1-21-16-17-27-26-13-8-9-15-29(26)35-33(27)31(21)32-28(14-10-18-34(32)4)30-22(2)19-25(20-23(30)3)24-11-6-5-7-12-24/h5-20H,1-4H3/q+1/i2D3. The van der Waals surface area contributed by atoms with Gasteiger partial charge in [0.1, 0.15) is 18.2 Å². The summed E-state index contributed by atoms with van der Waals surface area (Å²) in [7, 11) is 2.00. The maximum absolute atomic E-state index is 8.50. The van der Waals surface area contributed by atoms with Crippen LogP contribution in [0.15, 0.2) is 102 Å². The average Bonchev–Trinajstić information content (AvgIpc) is 3.27. The highest BCUT2D eigenvalue weighted by Gasteiger charge is 2.26. The topological polar surface area (TPSA) is 17.0 Å². The van der Waals surface area contributed by atoms with E-state index in [4.69, 9.17) is 8.53 Å². The van der Waals surface area contributed by atoms with Gasteiger partial charge in [-0.15, -0.1) is 0 Å². The van der Waals surface area contributed by atoms with Crippen molar-refractivity contribution in [1.82, 2.24) is 0 Å². The molecule has 6 aromatic rings. The minimum Gasteiger partial charge on any atom is -0.455 e. The first-order valence-electron chi connectivity index (χ1n) is 13.3. The van der Waals surface area contributed by atoms with Crippen LogP contribution in [0.4, 0.5) is 0 Å². The predicted octanol–water partition coefficient (Wildman–Crippen LogP) is 8.34. The van der Waals surface area contributed by atoms with Crippen LogP contribution < -0.4 is 4.57 Å². The van der Waals surface area contributed by atoms with Crippen molar-refractivity contribution in [2.24, 2.45) is 7.05 Å². The number of nitrogens with zero attached hydrogens (tertiary/aromatic N) is 1. The molecule has 4 aromatic carbocycles. The number of hydrogen-bond donors (Lipinski definition) is 0. The fourth-order valence-corrected chi connectivity index (χ4v) is 5.25. The van der Waals surface area contributed by atoms with E-state index in [-0.39, 0.29) is 0 Å². The summed E-state index contributed by atoms with van der Waals surface area (Å²) < 4.78 is 34.0. The van der Waals surface area contributed by atoms with Crippen LogP contribution in [0.1, 0.15) is 20.8 Å². The SMILES string of the molecule is [2H]C([2H])([2H])c1cc(-c2ccccc2)cc(C)c1-c1ccc[n+](C)c1-c1c(C)ccc2c1oc1ccccc12. The number of pyridine rings is 1. The van der Waals surface area contributed by atoms with Gasteiger partial charge in [0.05, 0.1) is 11.1 Å². The first-order valence-corrected chi connectivity index (χ1v) is 11.8. The molecule has 0 aliphatic carbocycles. The number of aromatic nitrogens is 1. The van der Waals surface area contributed by atoms with E-state index < -0.39 is 6.85 Å². The van der Waals surface area contributed by atoms with Crippen LogP contribution in [0.5, 0.6) is 0 Å². The van der Waals surface area contributed by atoms with Crippen molar-refractivity contribution >= 4 is 21.9 Å². The van der Waals surface area contributed by atoms with E-state index in [1.165, 1.54) is 0 Å². The lowest BCUT2D eigenvalue weighted by molar-refractivity contribution is -0.659. The molecule has 35 heavy (non-hydrogen) atoms. The Morgan fingerprint density at radius 1 is 0.686 bits per heavy atom. The van der Waals surface area contributed by atoms with E-state index in [0.29, 0.717) is 5.56 Å². The highest BCUT2D eigenvalue weighted by Crippen LogP contribution is 2.42. The second-order valence-corrected chi connectivity index (χ2v) is 9.20. The van der Waals surface area contributed by atoms with Crippen LogP contribution in [-0.2, 0) is 7.05 Å². The molecule has 0 bridgehead atoms. The zero-order valence-corrected chi connectivity index (χ0v) is 20.1. The van der Waals surface area contributed by atoms with Gasteiger partial charge in [0.25, 0.3) is 0 Å². The largest absolute Gasteiger partial charge is 0.455 e. The fourth-order valence-electron chi connectivity index (χ4n) is 5.25. The third-order valence-corrected chi connectivity index (χ3v) is 6.88. The summed E-state index contributed by atoms with van der Waals surface area (Å²) in [6.45, 7) is 1.79. The van der Waals surface area contributed by atoms with Gasteiger partial charge in [-0.3, -0.25) is 0 Å². The van der Waals surface area contributed by atoms with E-state index in [1.54, 1.807) is 0 Å². The van der Waals surface area contributed by atoms with Crippen molar-refractivity contribution in [2.45, 2.75) is 20.7 Å². The highest BCUT2D eigenvalue weighted by atomic mass is 16.3. The zero-order valence-electron chi connectivity index (χ0n) is 23.1. The van der Waals surface area contributed by atoms with E-state index >= 15 is 0 Å². The second-order valence-electron chi connectivity index (χ2n) is 9.20. The van der Waals surface area contributed by atoms with Crippen LogP contribution in [0.2, 0.25) is 0 Å². The van der Waals surface area contributed by atoms with E-state index in [1.807, 2.05) is 86.9 Å². The smallest absolute Gasteiger partial charge is 0.224 e. The Morgan fingerprint density at radius 3 is 2.29 bits per heavy atom. The molecular weight excluding hydrogens is 426 g/mol. The quantitative estimate of drug-likeness (QED) is 0.244. The van der Waals surface area contributed by atoms with Gasteiger partial charge in [-0.05, 0) is 66.2 Å². The maximum Gasteiger partial charge on any atom is 0.224 e. The lowest BCUT2D eigenvalue weighted by Gasteiger charge is -2.16. The first-order chi connectivity index (χ1) is 18.2. The molecule has 0 aliphatic heterocycles. The monoisotopic (exact) mass is 457 g/mol. The first kappa shape index (κ1) is 18.2. The van der Waals surface area contributed by atoms with E-state index in [0.717, 1.165) is 66.6 Å². The molecular formula is C33H28NO+. The van der Waals surface area contributed by atoms with Crippen LogP contribution in [0.3, 0.4) is 0 Å². The predicted molar refractivity (Wildman–Crippen MR) is 145 cm³/mol. The van der Waals surface area contributed by atoms with Gasteiger partial charge in [-0.1, -0.05) is 72.8 Å². The summed E-state index contributed by atoms with van der Waals surface area (Å²) in [6, 6.07) is 30.1. The number of benzene rings is 4. The number of furan rings is 1. The second kappa shape index (κ2) is 8.25. The Morgan fingerprint density at radius 2 is 1.46 bits per heavy atom. The van der Waals surface area contributed by atoms with E-state index in [2.05, 4.69) is 35.8 Å². The number of hydrogen-bond acceptors (Lipinski definition) is 1. The molecule has 2 heterocycles. The highest BCUT2D eigenvalue weighted by molar-refractivity contribution is 6.10. The van der Waals surface area contributed by atoms with Gasteiger partial charge in [-0.2, -0.15) is 0 Å². The summed E-state index contributed by atoms with van der Waals surface area (Å²) in [5, 5.41) is 2.11. The molecule has 170 valence electrons. The lowest BCUT2D eigenvalue weighted by Crippen LogP contribution is -2.31. The van der Waals surface area contributed by atoms with Crippen LogP contribution >= 0.6 is 0 Å². The van der Waals surface area contributed by atoms with Crippen molar-refractivity contribution in [3.8, 4) is 33.5 Å². The van der Waals surface area contributed by atoms with Crippen molar-refractivity contribution in [2.75, 3.05) is 0 Å². The van der Waals surface area contributed by atoms with Gasteiger partial charge in [0.2, 0.25) is 5.69 Å². The van der Waals surface area contributed by atoms with Gasteiger partial charge < -0.3 is 4.42 Å². The summed E-state index contributed by atoms with van der Waals surface area (Å²) >= 11 is 0. The molecule has 2 nitrogen and oxygen atoms in total. The molecule has 0 amide bonds. The number of fused-ring (bicyclic) bond motifs is 3. The molecule has 0 fully saturated rings. The number of para-hydroxylation sites is 1. The molecule has 0 N–H and O–H groups in total. The molecule has 0 saturated carbocycles. The van der Waals surface area contributed by atoms with Crippen molar-refractivity contribution in [3.63, 3.8) is 0 Å². The Labute approximate surface area is 210 Å². The molecule has 0 aliphatic rings. The average molecular weight is 458 g/mol. The molecule has 6 rings (SSSR count). The van der Waals surface area contributed by atoms with Crippen molar-refractivity contribution in [3.05, 3.63) is 114 Å². The molecule has 0 spiro atoms.